The molecule has 0 radical (unpaired) electrons. The zero-order valence-corrected chi connectivity index (χ0v) is 11.1. The lowest BCUT2D eigenvalue weighted by Crippen LogP contribution is -2.04. The van der Waals surface area contributed by atoms with Crippen LogP contribution in [0.5, 0.6) is 0 Å². The Hall–Kier alpha value is -0.800. The molecule has 1 unspecified atom stereocenters. The number of benzene rings is 1. The first-order chi connectivity index (χ1) is 8.42. The molecule has 0 fully saturated rings. The van der Waals surface area contributed by atoms with Crippen molar-refractivity contribution in [2.45, 2.75) is 22.3 Å². The van der Waals surface area contributed by atoms with Crippen molar-refractivity contribution in [2.24, 2.45) is 0 Å². The van der Waals surface area contributed by atoms with Crippen LogP contribution < -0.4 is 0 Å². The second-order valence-corrected chi connectivity index (χ2v) is 6.52. The van der Waals surface area contributed by atoms with E-state index in [4.69, 9.17) is 4.42 Å². The van der Waals surface area contributed by atoms with Crippen LogP contribution in [0.25, 0.3) is 0 Å². The van der Waals surface area contributed by atoms with Crippen LogP contribution in [0.1, 0.15) is 11.3 Å². The number of furan rings is 1. The molecule has 1 aliphatic heterocycles. The second kappa shape index (κ2) is 5.23. The molecule has 1 atom stereocenters. The maximum Gasteiger partial charge on any atom is 0.113 e. The van der Waals surface area contributed by atoms with E-state index in [9.17, 15) is 0 Å². The summed E-state index contributed by atoms with van der Waals surface area (Å²) in [5.41, 5.74) is 1.51. The number of rotatable bonds is 4. The first-order valence-corrected chi connectivity index (χ1v) is 7.80. The maximum atomic E-state index is 5.33. The van der Waals surface area contributed by atoms with E-state index in [2.05, 4.69) is 24.3 Å². The Bertz CT molecular complexity index is 454. The van der Waals surface area contributed by atoms with Crippen LogP contribution >= 0.6 is 23.5 Å². The van der Waals surface area contributed by atoms with Gasteiger partial charge >= 0.3 is 0 Å². The van der Waals surface area contributed by atoms with Crippen molar-refractivity contribution in [2.75, 3.05) is 5.75 Å². The number of hydrogen-bond acceptors (Lipinski definition) is 3. The van der Waals surface area contributed by atoms with E-state index in [-0.39, 0.29) is 0 Å². The van der Waals surface area contributed by atoms with E-state index in [1.807, 2.05) is 35.7 Å². The molecule has 0 spiro atoms. The van der Waals surface area contributed by atoms with Gasteiger partial charge in [0.15, 0.2) is 0 Å². The van der Waals surface area contributed by atoms with E-state index in [1.54, 1.807) is 6.26 Å². The molecule has 1 aromatic heterocycles. The van der Waals surface area contributed by atoms with Crippen molar-refractivity contribution < 1.29 is 4.42 Å². The quantitative estimate of drug-likeness (QED) is 0.818. The largest absolute Gasteiger partial charge is 0.468 e. The number of fused-ring (bicyclic) bond motifs is 1. The van der Waals surface area contributed by atoms with Crippen LogP contribution in [0.15, 0.2) is 52.0 Å². The molecular formula is C14H14OS2. The van der Waals surface area contributed by atoms with E-state index in [0.29, 0.717) is 0 Å². The fourth-order valence-corrected chi connectivity index (χ4v) is 4.54. The molecule has 17 heavy (non-hydrogen) atoms. The lowest BCUT2D eigenvalue weighted by molar-refractivity contribution is 0.530. The summed E-state index contributed by atoms with van der Waals surface area (Å²) >= 11 is 3.99. The molecule has 2 aromatic rings. The molecule has 0 aliphatic carbocycles. The Morgan fingerprint density at radius 2 is 2.18 bits per heavy atom. The van der Waals surface area contributed by atoms with E-state index in [0.717, 1.165) is 16.8 Å². The third-order valence-electron chi connectivity index (χ3n) is 2.84. The summed E-state index contributed by atoms with van der Waals surface area (Å²) in [4.78, 5) is 1.47. The fourth-order valence-electron chi connectivity index (χ4n) is 2.03. The molecule has 0 amide bonds. The van der Waals surface area contributed by atoms with Crippen molar-refractivity contribution in [1.82, 2.24) is 0 Å². The van der Waals surface area contributed by atoms with Gasteiger partial charge in [0, 0.05) is 15.9 Å². The Kier molecular flexibility index (Phi) is 3.48. The maximum absolute atomic E-state index is 5.33. The van der Waals surface area contributed by atoms with Crippen LogP contribution in [-0.4, -0.2) is 11.0 Å². The third kappa shape index (κ3) is 2.72. The van der Waals surface area contributed by atoms with Gasteiger partial charge in [0.25, 0.3) is 0 Å². The van der Waals surface area contributed by atoms with Gasteiger partial charge < -0.3 is 4.42 Å². The molecule has 2 heterocycles. The normalized spacial score (nSPS) is 18.2. The minimum absolute atomic E-state index is 0.729. The van der Waals surface area contributed by atoms with Gasteiger partial charge in [0.05, 0.1) is 12.0 Å². The van der Waals surface area contributed by atoms with Gasteiger partial charge in [-0.25, -0.2) is 0 Å². The van der Waals surface area contributed by atoms with Gasteiger partial charge in [-0.3, -0.25) is 0 Å². The highest BCUT2D eigenvalue weighted by Gasteiger charge is 2.21. The number of hydrogen-bond donors (Lipinski definition) is 0. The molecule has 1 nitrogen and oxygen atoms in total. The highest BCUT2D eigenvalue weighted by Crippen LogP contribution is 2.38. The van der Waals surface area contributed by atoms with Crippen molar-refractivity contribution in [3.05, 3.63) is 54.0 Å². The average Bonchev–Trinajstić information content (AvgIpc) is 2.96. The van der Waals surface area contributed by atoms with Gasteiger partial charge in [-0.05, 0) is 30.2 Å². The standard InChI is InChI=1S/C14H14OS2/c1-2-6-14-11(4-1)8-13(17-14)10-16-9-12-5-3-7-15-12/h1-7,13H,8-10H2. The van der Waals surface area contributed by atoms with Crippen molar-refractivity contribution in [1.29, 1.82) is 0 Å². The molecule has 0 saturated heterocycles. The summed E-state index contributed by atoms with van der Waals surface area (Å²) in [5.74, 6) is 3.26. The van der Waals surface area contributed by atoms with Gasteiger partial charge in [0.2, 0.25) is 0 Å². The van der Waals surface area contributed by atoms with Gasteiger partial charge in [-0.2, -0.15) is 11.8 Å². The predicted molar refractivity (Wildman–Crippen MR) is 74.7 cm³/mol. The molecule has 1 aliphatic rings. The van der Waals surface area contributed by atoms with E-state index >= 15 is 0 Å². The Morgan fingerprint density at radius 1 is 1.24 bits per heavy atom. The number of thioether (sulfide) groups is 2. The van der Waals surface area contributed by atoms with E-state index in [1.165, 1.54) is 22.6 Å². The molecule has 88 valence electrons. The average molecular weight is 262 g/mol. The lowest BCUT2D eigenvalue weighted by atomic mass is 10.1. The van der Waals surface area contributed by atoms with Crippen molar-refractivity contribution in [3.63, 3.8) is 0 Å². The summed E-state index contributed by atoms with van der Waals surface area (Å²) in [6.45, 7) is 0. The van der Waals surface area contributed by atoms with E-state index < -0.39 is 0 Å². The first kappa shape index (κ1) is 11.3. The Labute approximate surface area is 110 Å². The van der Waals surface area contributed by atoms with Crippen LogP contribution in [0.3, 0.4) is 0 Å². The summed E-state index contributed by atoms with van der Waals surface area (Å²) in [6, 6.07) is 12.7. The monoisotopic (exact) mass is 262 g/mol. The van der Waals surface area contributed by atoms with Crippen LogP contribution in [0, 0.1) is 0 Å². The Balaban J connectivity index is 1.49. The SMILES string of the molecule is c1coc(CSCC2Cc3ccccc3S2)c1. The van der Waals surface area contributed by atoms with Gasteiger partial charge in [0.1, 0.15) is 5.76 Å². The Morgan fingerprint density at radius 3 is 3.00 bits per heavy atom. The molecular weight excluding hydrogens is 248 g/mol. The topological polar surface area (TPSA) is 13.1 Å². The molecule has 0 bridgehead atoms. The summed E-state index contributed by atoms with van der Waals surface area (Å²) in [6.07, 6.45) is 2.96. The van der Waals surface area contributed by atoms with Crippen LogP contribution in [-0.2, 0) is 12.2 Å². The molecule has 0 N–H and O–H groups in total. The minimum Gasteiger partial charge on any atom is -0.468 e. The van der Waals surface area contributed by atoms with Crippen LogP contribution in [0.2, 0.25) is 0 Å². The first-order valence-electron chi connectivity index (χ1n) is 5.76. The highest BCUT2D eigenvalue weighted by atomic mass is 32.2. The summed E-state index contributed by atoms with van der Waals surface area (Å²) < 4.78 is 5.33. The zero-order valence-electron chi connectivity index (χ0n) is 9.46. The van der Waals surface area contributed by atoms with Crippen molar-refractivity contribution >= 4 is 23.5 Å². The van der Waals surface area contributed by atoms with Crippen molar-refractivity contribution in [3.8, 4) is 0 Å². The fraction of sp³-hybridized carbons (Fsp3) is 0.286. The highest BCUT2D eigenvalue weighted by molar-refractivity contribution is 8.03. The zero-order chi connectivity index (χ0) is 11.5. The predicted octanol–water partition coefficient (Wildman–Crippen LogP) is 4.23. The van der Waals surface area contributed by atoms with Gasteiger partial charge in [-0.1, -0.05) is 18.2 Å². The molecule has 3 rings (SSSR count). The third-order valence-corrected chi connectivity index (χ3v) is 5.50. The molecule has 0 saturated carbocycles. The molecule has 3 heteroatoms. The summed E-state index contributed by atoms with van der Waals surface area (Å²) in [5, 5.41) is 0.729. The van der Waals surface area contributed by atoms with Crippen LogP contribution in [0.4, 0.5) is 0 Å². The van der Waals surface area contributed by atoms with Gasteiger partial charge in [-0.15, -0.1) is 11.8 Å². The second-order valence-electron chi connectivity index (χ2n) is 4.15. The molecule has 1 aromatic carbocycles. The lowest BCUT2D eigenvalue weighted by Gasteiger charge is -2.06. The minimum atomic E-state index is 0.729. The smallest absolute Gasteiger partial charge is 0.113 e. The summed E-state index contributed by atoms with van der Waals surface area (Å²) in [7, 11) is 0.